The maximum absolute atomic E-state index is 12.2. The molecule has 0 rings (SSSR count). The molecule has 17 heavy (non-hydrogen) atoms. The zero-order valence-corrected chi connectivity index (χ0v) is 13.2. The molecule has 0 radical (unpaired) electrons. The van der Waals surface area contributed by atoms with Crippen LogP contribution in [0, 0.1) is 0 Å². The first-order valence-corrected chi connectivity index (χ1v) is 10.0. The highest BCUT2D eigenvalue weighted by molar-refractivity contribution is 8.55. The lowest BCUT2D eigenvalue weighted by Crippen LogP contribution is -2.00. The Balaban J connectivity index is 4.79. The monoisotopic (exact) mass is 306 g/mol. The minimum Gasteiger partial charge on any atom is -0.301 e. The van der Waals surface area contributed by atoms with Crippen molar-refractivity contribution in [3.05, 3.63) is 0 Å². The van der Waals surface area contributed by atoms with Crippen molar-refractivity contribution in [3.8, 4) is 0 Å². The van der Waals surface area contributed by atoms with Gasteiger partial charge in [-0.1, -0.05) is 6.92 Å². The predicted octanol–water partition coefficient (Wildman–Crippen LogP) is 4.08. The van der Waals surface area contributed by atoms with Crippen molar-refractivity contribution in [2.24, 2.45) is 0 Å². The fraction of sp³-hybridized carbons (Fsp3) is 1.00. The normalized spacial score (nSPS) is 15.8. The molecule has 0 N–H and O–H groups in total. The van der Waals surface area contributed by atoms with E-state index in [-0.39, 0.29) is 19.8 Å². The summed E-state index contributed by atoms with van der Waals surface area (Å²) in [5.41, 5.74) is 0. The van der Waals surface area contributed by atoms with Gasteiger partial charge >= 0.3 is 14.6 Å². The summed E-state index contributed by atoms with van der Waals surface area (Å²) in [6, 6.07) is 0. The van der Waals surface area contributed by atoms with Crippen molar-refractivity contribution in [2.45, 2.75) is 27.7 Å². The van der Waals surface area contributed by atoms with E-state index in [4.69, 9.17) is 17.9 Å². The largest absolute Gasteiger partial charge is 0.482 e. The van der Waals surface area contributed by atoms with Gasteiger partial charge in [0, 0.05) is 5.75 Å². The van der Waals surface area contributed by atoms with Gasteiger partial charge in [0.2, 0.25) is 0 Å². The van der Waals surface area contributed by atoms with E-state index in [9.17, 15) is 9.13 Å². The van der Waals surface area contributed by atoms with Crippen LogP contribution in [0.2, 0.25) is 0 Å². The highest BCUT2D eigenvalue weighted by Crippen LogP contribution is 2.71. The molecule has 0 bridgehead atoms. The van der Waals surface area contributed by atoms with Crippen LogP contribution in [0.4, 0.5) is 0 Å². The van der Waals surface area contributed by atoms with Crippen LogP contribution >= 0.6 is 26.0 Å². The van der Waals surface area contributed by atoms with Crippen molar-refractivity contribution in [1.82, 2.24) is 0 Å². The summed E-state index contributed by atoms with van der Waals surface area (Å²) in [6.07, 6.45) is 0. The van der Waals surface area contributed by atoms with E-state index in [1.54, 1.807) is 27.7 Å². The SMILES string of the molecule is CCOP(=O)(OCC)OP(=O)(OCC)SCC. The van der Waals surface area contributed by atoms with E-state index in [2.05, 4.69) is 0 Å². The lowest BCUT2D eigenvalue weighted by Gasteiger charge is -2.21. The third kappa shape index (κ3) is 6.97. The second-order valence-corrected chi connectivity index (χ2v) is 8.82. The molecule has 0 aromatic heterocycles. The predicted molar refractivity (Wildman–Crippen MR) is 69.3 cm³/mol. The molecular formula is C8H20O6P2S. The Morgan fingerprint density at radius 1 is 0.882 bits per heavy atom. The first-order valence-electron chi connectivity index (χ1n) is 5.44. The molecule has 1 unspecified atom stereocenters. The summed E-state index contributed by atoms with van der Waals surface area (Å²) in [6.45, 7) is 3.75. The third-order valence-electron chi connectivity index (χ3n) is 1.35. The average molecular weight is 306 g/mol. The molecule has 0 aliphatic rings. The Hall–Kier alpha value is 0.650. The molecule has 104 valence electrons. The molecule has 0 aliphatic heterocycles. The van der Waals surface area contributed by atoms with Crippen LogP contribution in [0.5, 0.6) is 0 Å². The van der Waals surface area contributed by atoms with Crippen LogP contribution in [-0.4, -0.2) is 25.6 Å². The Morgan fingerprint density at radius 2 is 1.35 bits per heavy atom. The fourth-order valence-corrected chi connectivity index (χ4v) is 6.72. The van der Waals surface area contributed by atoms with Crippen molar-refractivity contribution in [2.75, 3.05) is 25.6 Å². The Kier molecular flexibility index (Phi) is 9.03. The number of phosphoric acid groups is 1. The van der Waals surface area contributed by atoms with E-state index in [0.717, 1.165) is 11.4 Å². The van der Waals surface area contributed by atoms with Gasteiger partial charge in [0.25, 0.3) is 0 Å². The van der Waals surface area contributed by atoms with Gasteiger partial charge in [-0.3, -0.25) is 9.05 Å². The molecular weight excluding hydrogens is 286 g/mol. The summed E-state index contributed by atoms with van der Waals surface area (Å²) >= 11 is 0.961. The molecule has 0 aromatic rings. The van der Waals surface area contributed by atoms with Crippen molar-refractivity contribution >= 4 is 26.0 Å². The van der Waals surface area contributed by atoms with E-state index >= 15 is 0 Å². The Morgan fingerprint density at radius 3 is 1.71 bits per heavy atom. The summed E-state index contributed by atoms with van der Waals surface area (Å²) in [4.78, 5) is 0. The molecule has 0 heterocycles. The lowest BCUT2D eigenvalue weighted by molar-refractivity contribution is 0.159. The zero-order chi connectivity index (χ0) is 13.4. The van der Waals surface area contributed by atoms with Gasteiger partial charge in [-0.05, 0) is 32.2 Å². The smallest absolute Gasteiger partial charge is 0.301 e. The maximum atomic E-state index is 12.2. The zero-order valence-electron chi connectivity index (χ0n) is 10.6. The summed E-state index contributed by atoms with van der Waals surface area (Å²) in [5.74, 6) is 0.509. The second kappa shape index (κ2) is 8.70. The van der Waals surface area contributed by atoms with Crippen LogP contribution in [0.25, 0.3) is 0 Å². The topological polar surface area (TPSA) is 71.1 Å². The summed E-state index contributed by atoms with van der Waals surface area (Å²) < 4.78 is 44.0. The fourth-order valence-electron chi connectivity index (χ4n) is 0.924. The van der Waals surface area contributed by atoms with E-state index in [0.29, 0.717) is 5.75 Å². The minimum absolute atomic E-state index is 0.139. The van der Waals surface area contributed by atoms with E-state index < -0.39 is 14.6 Å². The molecule has 0 amide bonds. The van der Waals surface area contributed by atoms with Crippen molar-refractivity contribution < 1.29 is 27.0 Å². The maximum Gasteiger partial charge on any atom is 0.482 e. The molecule has 0 saturated carbocycles. The lowest BCUT2D eigenvalue weighted by atomic mass is 10.9. The van der Waals surface area contributed by atoms with Gasteiger partial charge in [-0.25, -0.2) is 9.13 Å². The Bertz CT molecular complexity index is 250. The molecule has 0 spiro atoms. The first-order chi connectivity index (χ1) is 7.95. The molecule has 1 atom stereocenters. The summed E-state index contributed by atoms with van der Waals surface area (Å²) in [5, 5.41) is 0. The quantitative estimate of drug-likeness (QED) is 0.563. The summed E-state index contributed by atoms with van der Waals surface area (Å²) in [7, 11) is -3.81. The van der Waals surface area contributed by atoms with Crippen LogP contribution in [0.3, 0.4) is 0 Å². The van der Waals surface area contributed by atoms with Gasteiger partial charge < -0.3 is 4.52 Å². The van der Waals surface area contributed by atoms with Crippen LogP contribution in [0.15, 0.2) is 0 Å². The highest BCUT2D eigenvalue weighted by Gasteiger charge is 2.38. The number of hydrogen-bond acceptors (Lipinski definition) is 7. The van der Waals surface area contributed by atoms with Gasteiger partial charge in [0.1, 0.15) is 0 Å². The average Bonchev–Trinajstić information content (AvgIpc) is 2.17. The van der Waals surface area contributed by atoms with Gasteiger partial charge in [0.15, 0.2) is 0 Å². The van der Waals surface area contributed by atoms with Crippen LogP contribution in [0.1, 0.15) is 27.7 Å². The molecule has 0 saturated heterocycles. The van der Waals surface area contributed by atoms with E-state index in [1.165, 1.54) is 0 Å². The van der Waals surface area contributed by atoms with Crippen LogP contribution < -0.4 is 0 Å². The standard InChI is InChI=1S/C8H20O6P2S/c1-5-11-15(9,12-6-2)14-16(10,13-7-3)17-8-4/h5-8H2,1-4H3. The molecule has 0 aliphatic carbocycles. The minimum atomic E-state index is -3.81. The van der Waals surface area contributed by atoms with Gasteiger partial charge in [-0.2, -0.15) is 4.31 Å². The van der Waals surface area contributed by atoms with E-state index in [1.807, 2.05) is 0 Å². The highest BCUT2D eigenvalue weighted by atomic mass is 32.7. The van der Waals surface area contributed by atoms with Crippen molar-refractivity contribution in [3.63, 3.8) is 0 Å². The molecule has 9 heteroatoms. The first kappa shape index (κ1) is 17.6. The second-order valence-electron chi connectivity index (χ2n) is 2.65. The molecule has 0 fully saturated rings. The molecule has 0 aromatic carbocycles. The number of rotatable bonds is 10. The molecule has 6 nitrogen and oxygen atoms in total. The Labute approximate surface area is 107 Å². The van der Waals surface area contributed by atoms with Crippen molar-refractivity contribution in [1.29, 1.82) is 0 Å². The van der Waals surface area contributed by atoms with Crippen LogP contribution in [-0.2, 0) is 27.0 Å². The third-order valence-corrected chi connectivity index (χ3v) is 7.89. The van der Waals surface area contributed by atoms with Gasteiger partial charge in [0.05, 0.1) is 19.8 Å². The number of hydrogen-bond donors (Lipinski definition) is 0. The van der Waals surface area contributed by atoms with Gasteiger partial charge in [-0.15, -0.1) is 0 Å². The number of phosphoric ester groups is 1.